The summed E-state index contributed by atoms with van der Waals surface area (Å²) >= 11 is 0. The number of aliphatic carboxylic acids is 1. The molecule has 1 N–H and O–H groups in total. The van der Waals surface area contributed by atoms with Crippen molar-refractivity contribution in [3.05, 3.63) is 82.3 Å². The Morgan fingerprint density at radius 2 is 2.06 bits per heavy atom. The van der Waals surface area contributed by atoms with Crippen LogP contribution in [0, 0.1) is 24.6 Å². The van der Waals surface area contributed by atoms with Crippen LogP contribution in [0.1, 0.15) is 54.0 Å². The van der Waals surface area contributed by atoms with E-state index in [1.165, 1.54) is 0 Å². The lowest BCUT2D eigenvalue weighted by atomic mass is 9.77. The molecule has 1 fully saturated rings. The van der Waals surface area contributed by atoms with Crippen molar-refractivity contribution in [1.29, 1.82) is 0 Å². The SMILES string of the molecule is Cc1ccccc1N1CCC(C)(C)c2ccc(COc3cc4c(cn3)[C@H]3[C@@H](C4)[C@@H]3C(=O)O)c(F)c21. The molecule has 3 aromatic rings. The smallest absolute Gasteiger partial charge is 0.307 e. The predicted octanol–water partition coefficient (Wildman–Crippen LogP) is 5.90. The highest BCUT2D eigenvalue weighted by Gasteiger charge is 2.59. The Morgan fingerprint density at radius 3 is 2.83 bits per heavy atom. The second-order valence-electron chi connectivity index (χ2n) is 10.8. The zero-order valence-electron chi connectivity index (χ0n) is 20.2. The lowest BCUT2D eigenvalue weighted by molar-refractivity contribution is -0.139. The molecule has 1 aliphatic heterocycles. The van der Waals surface area contributed by atoms with Gasteiger partial charge in [-0.15, -0.1) is 0 Å². The van der Waals surface area contributed by atoms with Gasteiger partial charge in [-0.2, -0.15) is 0 Å². The average Bonchev–Trinajstić information content (AvgIpc) is 3.42. The fourth-order valence-corrected chi connectivity index (χ4v) is 6.11. The molecule has 0 saturated heterocycles. The van der Waals surface area contributed by atoms with E-state index < -0.39 is 5.97 Å². The summed E-state index contributed by atoms with van der Waals surface area (Å²) in [6.45, 7) is 7.23. The monoisotopic (exact) mass is 472 g/mol. The number of fused-ring (bicyclic) bond motifs is 4. The van der Waals surface area contributed by atoms with Gasteiger partial charge < -0.3 is 14.7 Å². The van der Waals surface area contributed by atoms with Crippen LogP contribution in [0.25, 0.3) is 0 Å². The number of hydrogen-bond acceptors (Lipinski definition) is 4. The second-order valence-corrected chi connectivity index (χ2v) is 10.8. The van der Waals surface area contributed by atoms with E-state index in [1.54, 1.807) is 6.20 Å². The van der Waals surface area contributed by atoms with Crippen LogP contribution in [0.5, 0.6) is 5.88 Å². The van der Waals surface area contributed by atoms with Crippen LogP contribution in [0.4, 0.5) is 15.8 Å². The zero-order valence-corrected chi connectivity index (χ0v) is 20.2. The van der Waals surface area contributed by atoms with E-state index in [0.717, 1.165) is 47.3 Å². The topological polar surface area (TPSA) is 62.7 Å². The maximum Gasteiger partial charge on any atom is 0.307 e. The number of halogens is 1. The molecular weight excluding hydrogens is 443 g/mol. The normalized spacial score (nSPS) is 23.3. The molecule has 3 atom stereocenters. The van der Waals surface area contributed by atoms with Crippen LogP contribution in [0.3, 0.4) is 0 Å². The molecular formula is C29H29FN2O3. The van der Waals surface area contributed by atoms with Crippen molar-refractivity contribution < 1.29 is 19.0 Å². The number of rotatable bonds is 5. The van der Waals surface area contributed by atoms with Gasteiger partial charge in [0.05, 0.1) is 11.6 Å². The van der Waals surface area contributed by atoms with Gasteiger partial charge >= 0.3 is 5.97 Å². The number of anilines is 2. The number of aromatic nitrogens is 1. The maximum absolute atomic E-state index is 16.1. The quantitative estimate of drug-likeness (QED) is 0.501. The highest BCUT2D eigenvalue weighted by Crippen LogP contribution is 2.61. The van der Waals surface area contributed by atoms with Crippen molar-refractivity contribution >= 4 is 17.3 Å². The lowest BCUT2D eigenvalue weighted by Crippen LogP contribution is -2.36. The highest BCUT2D eigenvalue weighted by atomic mass is 19.1. The molecule has 6 rings (SSSR count). The summed E-state index contributed by atoms with van der Waals surface area (Å²) in [7, 11) is 0. The third-order valence-electron chi connectivity index (χ3n) is 8.21. The predicted molar refractivity (Wildman–Crippen MR) is 132 cm³/mol. The second kappa shape index (κ2) is 7.80. The van der Waals surface area contributed by atoms with Crippen LogP contribution in [-0.4, -0.2) is 22.6 Å². The Bertz CT molecular complexity index is 1350. The number of benzene rings is 2. The molecule has 1 aromatic heterocycles. The summed E-state index contributed by atoms with van der Waals surface area (Å²) in [5.41, 5.74) is 6.28. The van der Waals surface area contributed by atoms with Crippen LogP contribution >= 0.6 is 0 Å². The van der Waals surface area contributed by atoms with Crippen molar-refractivity contribution in [2.24, 2.45) is 11.8 Å². The molecule has 5 nitrogen and oxygen atoms in total. The molecule has 0 bridgehead atoms. The molecule has 2 aliphatic carbocycles. The van der Waals surface area contributed by atoms with Crippen LogP contribution in [0.15, 0.2) is 48.7 Å². The summed E-state index contributed by atoms with van der Waals surface area (Å²) in [6, 6.07) is 13.9. The first-order chi connectivity index (χ1) is 16.8. The van der Waals surface area contributed by atoms with Crippen molar-refractivity contribution in [2.45, 2.75) is 51.6 Å². The van der Waals surface area contributed by atoms with Crippen LogP contribution in [-0.2, 0) is 23.2 Å². The van der Waals surface area contributed by atoms with Gasteiger partial charge in [-0.3, -0.25) is 4.79 Å². The fraction of sp³-hybridized carbons (Fsp3) is 0.379. The Hall–Kier alpha value is -3.41. The van der Waals surface area contributed by atoms with Crippen molar-refractivity contribution in [1.82, 2.24) is 4.98 Å². The highest BCUT2D eigenvalue weighted by molar-refractivity contribution is 5.78. The number of carboxylic acid groups (broad SMARTS) is 1. The van der Waals surface area contributed by atoms with E-state index in [2.05, 4.69) is 36.7 Å². The molecule has 2 heterocycles. The lowest BCUT2D eigenvalue weighted by Gasteiger charge is -2.41. The molecule has 2 aromatic carbocycles. The molecule has 6 heteroatoms. The molecule has 1 saturated carbocycles. The van der Waals surface area contributed by atoms with Crippen molar-refractivity contribution in [2.75, 3.05) is 11.4 Å². The Labute approximate surface area is 204 Å². The molecule has 180 valence electrons. The number of ether oxygens (including phenoxy) is 1. The van der Waals surface area contributed by atoms with Gasteiger partial charge in [0.2, 0.25) is 5.88 Å². The standard InChI is InChI=1S/C29H29FN2O3/c1-16-6-4-5-7-22(16)32-11-10-29(2,3)21-9-8-17(26(30)27(21)32)15-35-23-13-18-12-19-24(20(18)14-31-23)25(19)28(33)34/h4-9,13-14,19,24-25H,10-12,15H2,1-3H3,(H,33,34)/t19-,24-,25+/m1/s1. The first-order valence-electron chi connectivity index (χ1n) is 12.3. The van der Waals surface area contributed by atoms with Gasteiger partial charge in [-0.25, -0.2) is 9.37 Å². The summed E-state index contributed by atoms with van der Waals surface area (Å²) < 4.78 is 22.0. The summed E-state index contributed by atoms with van der Waals surface area (Å²) in [4.78, 5) is 17.8. The average molecular weight is 473 g/mol. The molecule has 0 unspecified atom stereocenters. The van der Waals surface area contributed by atoms with Crippen LogP contribution in [0.2, 0.25) is 0 Å². The van der Waals surface area contributed by atoms with E-state index in [9.17, 15) is 9.90 Å². The van der Waals surface area contributed by atoms with Gasteiger partial charge in [0, 0.05) is 36.0 Å². The number of pyridine rings is 1. The third kappa shape index (κ3) is 3.49. The summed E-state index contributed by atoms with van der Waals surface area (Å²) in [5.74, 6) is -0.542. The number of carboxylic acids is 1. The minimum Gasteiger partial charge on any atom is -0.481 e. The van der Waals surface area contributed by atoms with Crippen molar-refractivity contribution in [3.8, 4) is 5.88 Å². The molecule has 3 aliphatic rings. The zero-order chi connectivity index (χ0) is 24.5. The molecule has 0 radical (unpaired) electrons. The molecule has 0 amide bonds. The first-order valence-corrected chi connectivity index (χ1v) is 12.3. The number of para-hydroxylation sites is 1. The Kier molecular flexibility index (Phi) is 4.92. The van der Waals surface area contributed by atoms with E-state index in [0.29, 0.717) is 17.1 Å². The molecule has 0 spiro atoms. The van der Waals surface area contributed by atoms with E-state index in [-0.39, 0.29) is 35.6 Å². The molecule has 35 heavy (non-hydrogen) atoms. The maximum atomic E-state index is 16.1. The van der Waals surface area contributed by atoms with Gasteiger partial charge in [0.1, 0.15) is 6.61 Å². The first kappa shape index (κ1) is 22.1. The minimum atomic E-state index is -0.725. The van der Waals surface area contributed by atoms with Gasteiger partial charge in [-0.05, 0) is 59.4 Å². The Morgan fingerprint density at radius 1 is 1.26 bits per heavy atom. The van der Waals surface area contributed by atoms with E-state index in [1.807, 2.05) is 36.4 Å². The number of hydrogen-bond donors (Lipinski definition) is 1. The van der Waals surface area contributed by atoms with Crippen LogP contribution < -0.4 is 9.64 Å². The fourth-order valence-electron chi connectivity index (χ4n) is 6.11. The van der Waals surface area contributed by atoms with E-state index in [4.69, 9.17) is 4.74 Å². The minimum absolute atomic E-state index is 0.0809. The number of carbonyl (C=O) groups is 1. The number of aryl methyl sites for hydroxylation is 1. The Balaban J connectivity index is 1.28. The van der Waals surface area contributed by atoms with Gasteiger partial charge in [0.15, 0.2) is 5.82 Å². The van der Waals surface area contributed by atoms with E-state index >= 15 is 4.39 Å². The largest absolute Gasteiger partial charge is 0.481 e. The third-order valence-corrected chi connectivity index (χ3v) is 8.21. The van der Waals surface area contributed by atoms with Crippen molar-refractivity contribution in [3.63, 3.8) is 0 Å². The summed E-state index contributed by atoms with van der Waals surface area (Å²) in [6.07, 6.45) is 3.42. The van der Waals surface area contributed by atoms with Gasteiger partial charge in [-0.1, -0.05) is 44.2 Å². The summed E-state index contributed by atoms with van der Waals surface area (Å²) in [5, 5.41) is 9.31. The number of nitrogens with zero attached hydrogens (tertiary/aromatic N) is 2. The van der Waals surface area contributed by atoms with Gasteiger partial charge in [0.25, 0.3) is 0 Å².